The van der Waals surface area contributed by atoms with Gasteiger partial charge >= 0.3 is 6.18 Å². The molecule has 3 nitrogen and oxygen atoms in total. The highest BCUT2D eigenvalue weighted by molar-refractivity contribution is 5.64. The maximum absolute atomic E-state index is 12.9. The zero-order valence-corrected chi connectivity index (χ0v) is 10.9. The van der Waals surface area contributed by atoms with Crippen molar-refractivity contribution in [2.75, 3.05) is 19.0 Å². The first kappa shape index (κ1) is 14.2. The van der Waals surface area contributed by atoms with Crippen LogP contribution in [0.25, 0.3) is 11.3 Å². The molecule has 1 aromatic carbocycles. The van der Waals surface area contributed by atoms with Gasteiger partial charge in [-0.1, -0.05) is 12.1 Å². The van der Waals surface area contributed by atoms with Crippen molar-refractivity contribution in [3.8, 4) is 17.0 Å². The van der Waals surface area contributed by atoms with Crippen molar-refractivity contribution in [3.63, 3.8) is 0 Å². The SMILES string of the molecule is CN(C)c1cc(C(F)(F)F)cc(-c2cccc(O)c2)n1. The second-order valence-electron chi connectivity index (χ2n) is 4.54. The van der Waals surface area contributed by atoms with Gasteiger partial charge in [0.2, 0.25) is 0 Å². The molecular formula is C14H13F3N2O. The van der Waals surface area contributed by atoms with Gasteiger partial charge in [-0.05, 0) is 24.3 Å². The lowest BCUT2D eigenvalue weighted by molar-refractivity contribution is -0.137. The topological polar surface area (TPSA) is 36.4 Å². The Morgan fingerprint density at radius 3 is 2.35 bits per heavy atom. The van der Waals surface area contributed by atoms with Crippen LogP contribution in [0.1, 0.15) is 5.56 Å². The number of alkyl halides is 3. The molecule has 0 aliphatic carbocycles. The standard InChI is InChI=1S/C14H13F3N2O/c1-19(2)13-8-10(14(15,16)17)7-12(18-13)9-4-3-5-11(20)6-9/h3-8,20H,1-2H3. The summed E-state index contributed by atoms with van der Waals surface area (Å²) in [5, 5.41) is 9.42. The van der Waals surface area contributed by atoms with E-state index in [4.69, 9.17) is 0 Å². The fraction of sp³-hybridized carbons (Fsp3) is 0.214. The molecule has 6 heteroatoms. The van der Waals surface area contributed by atoms with Crippen molar-refractivity contribution in [1.29, 1.82) is 0 Å². The van der Waals surface area contributed by atoms with Gasteiger partial charge in [0.05, 0.1) is 11.3 Å². The van der Waals surface area contributed by atoms with Gasteiger partial charge in [-0.15, -0.1) is 0 Å². The van der Waals surface area contributed by atoms with Crippen LogP contribution >= 0.6 is 0 Å². The lowest BCUT2D eigenvalue weighted by atomic mass is 10.1. The molecule has 0 atom stereocenters. The fourth-order valence-corrected chi connectivity index (χ4v) is 1.72. The Bertz CT molecular complexity index is 624. The molecule has 0 amide bonds. The summed E-state index contributed by atoms with van der Waals surface area (Å²) in [7, 11) is 3.24. The van der Waals surface area contributed by atoms with Gasteiger partial charge in [-0.2, -0.15) is 13.2 Å². The van der Waals surface area contributed by atoms with E-state index >= 15 is 0 Å². The minimum atomic E-state index is -4.45. The number of pyridine rings is 1. The van der Waals surface area contributed by atoms with Gasteiger partial charge in [0.25, 0.3) is 0 Å². The predicted octanol–water partition coefficient (Wildman–Crippen LogP) is 3.54. The molecule has 1 N–H and O–H groups in total. The van der Waals surface area contributed by atoms with Crippen LogP contribution in [-0.4, -0.2) is 24.2 Å². The van der Waals surface area contributed by atoms with E-state index in [-0.39, 0.29) is 17.3 Å². The summed E-state index contributed by atoms with van der Waals surface area (Å²) >= 11 is 0. The summed E-state index contributed by atoms with van der Waals surface area (Å²) in [6.07, 6.45) is -4.45. The highest BCUT2D eigenvalue weighted by Crippen LogP contribution is 2.34. The maximum Gasteiger partial charge on any atom is 0.416 e. The number of anilines is 1. The average Bonchev–Trinajstić information content (AvgIpc) is 2.37. The van der Waals surface area contributed by atoms with Gasteiger partial charge in [0.1, 0.15) is 11.6 Å². The number of aromatic hydroxyl groups is 1. The molecule has 2 rings (SSSR count). The van der Waals surface area contributed by atoms with E-state index in [1.54, 1.807) is 26.2 Å². The zero-order chi connectivity index (χ0) is 14.9. The van der Waals surface area contributed by atoms with E-state index in [1.807, 2.05) is 0 Å². The number of rotatable bonds is 2. The molecule has 0 aliphatic heterocycles. The molecule has 0 saturated carbocycles. The number of halogens is 3. The third kappa shape index (κ3) is 3.01. The van der Waals surface area contributed by atoms with Crippen LogP contribution in [-0.2, 0) is 6.18 Å². The van der Waals surface area contributed by atoms with Crippen LogP contribution in [0.5, 0.6) is 5.75 Å². The number of benzene rings is 1. The van der Waals surface area contributed by atoms with Gasteiger partial charge in [0, 0.05) is 19.7 Å². The molecule has 2 aromatic rings. The molecule has 1 aromatic heterocycles. The molecule has 106 valence electrons. The minimum Gasteiger partial charge on any atom is -0.508 e. The summed E-state index contributed by atoms with van der Waals surface area (Å²) < 4.78 is 38.7. The fourth-order valence-electron chi connectivity index (χ4n) is 1.72. The lowest BCUT2D eigenvalue weighted by Crippen LogP contribution is -2.14. The summed E-state index contributed by atoms with van der Waals surface area (Å²) in [6.45, 7) is 0. The predicted molar refractivity (Wildman–Crippen MR) is 70.7 cm³/mol. The average molecular weight is 282 g/mol. The Morgan fingerprint density at radius 1 is 1.10 bits per heavy atom. The van der Waals surface area contributed by atoms with Crippen LogP contribution in [0.4, 0.5) is 19.0 Å². The van der Waals surface area contributed by atoms with Crippen molar-refractivity contribution in [2.24, 2.45) is 0 Å². The van der Waals surface area contributed by atoms with E-state index < -0.39 is 11.7 Å². The van der Waals surface area contributed by atoms with E-state index in [2.05, 4.69) is 4.98 Å². The van der Waals surface area contributed by atoms with Gasteiger partial charge < -0.3 is 10.0 Å². The van der Waals surface area contributed by atoms with Crippen molar-refractivity contribution < 1.29 is 18.3 Å². The number of phenols is 1. The molecule has 20 heavy (non-hydrogen) atoms. The Kier molecular flexibility index (Phi) is 3.57. The number of aromatic nitrogens is 1. The Balaban J connectivity index is 2.61. The van der Waals surface area contributed by atoms with E-state index in [0.717, 1.165) is 12.1 Å². The van der Waals surface area contributed by atoms with Crippen molar-refractivity contribution >= 4 is 5.82 Å². The summed E-state index contributed by atoms with van der Waals surface area (Å²) in [6, 6.07) is 7.95. The zero-order valence-electron chi connectivity index (χ0n) is 10.9. The minimum absolute atomic E-state index is 0.0203. The van der Waals surface area contributed by atoms with Crippen molar-refractivity contribution in [3.05, 3.63) is 42.0 Å². The number of phenolic OH excluding ortho intramolecular Hbond substituents is 1. The Hall–Kier alpha value is -2.24. The van der Waals surface area contributed by atoms with Gasteiger partial charge in [0.15, 0.2) is 0 Å². The van der Waals surface area contributed by atoms with Gasteiger partial charge in [-0.3, -0.25) is 0 Å². The molecule has 0 saturated heterocycles. The third-order valence-electron chi connectivity index (χ3n) is 2.74. The first-order chi connectivity index (χ1) is 9.27. The van der Waals surface area contributed by atoms with Crippen LogP contribution < -0.4 is 4.90 Å². The second kappa shape index (κ2) is 5.03. The van der Waals surface area contributed by atoms with E-state index in [0.29, 0.717) is 5.56 Å². The molecule has 1 heterocycles. The normalized spacial score (nSPS) is 11.4. The molecule has 0 fully saturated rings. The largest absolute Gasteiger partial charge is 0.508 e. The number of hydrogen-bond acceptors (Lipinski definition) is 3. The second-order valence-corrected chi connectivity index (χ2v) is 4.54. The van der Waals surface area contributed by atoms with Gasteiger partial charge in [-0.25, -0.2) is 4.98 Å². The monoisotopic (exact) mass is 282 g/mol. The summed E-state index contributed by atoms with van der Waals surface area (Å²) in [5.74, 6) is 0.186. The first-order valence-electron chi connectivity index (χ1n) is 5.83. The quantitative estimate of drug-likeness (QED) is 0.915. The van der Waals surface area contributed by atoms with Crippen LogP contribution in [0.3, 0.4) is 0 Å². The third-order valence-corrected chi connectivity index (χ3v) is 2.74. The maximum atomic E-state index is 12.9. The Labute approximate surface area is 114 Å². The van der Waals surface area contributed by atoms with Crippen LogP contribution in [0.2, 0.25) is 0 Å². The number of nitrogens with zero attached hydrogens (tertiary/aromatic N) is 2. The van der Waals surface area contributed by atoms with E-state index in [1.165, 1.54) is 17.0 Å². The molecule has 0 unspecified atom stereocenters. The summed E-state index contributed by atoms with van der Waals surface area (Å²) in [5.41, 5.74) is -0.173. The molecular weight excluding hydrogens is 269 g/mol. The van der Waals surface area contributed by atoms with Crippen LogP contribution in [0, 0.1) is 0 Å². The molecule has 0 spiro atoms. The number of hydrogen-bond donors (Lipinski definition) is 1. The van der Waals surface area contributed by atoms with Crippen LogP contribution in [0.15, 0.2) is 36.4 Å². The van der Waals surface area contributed by atoms with Crippen molar-refractivity contribution in [1.82, 2.24) is 4.98 Å². The summed E-state index contributed by atoms with van der Waals surface area (Å²) in [4.78, 5) is 5.67. The Morgan fingerprint density at radius 2 is 1.80 bits per heavy atom. The molecule has 0 radical (unpaired) electrons. The van der Waals surface area contributed by atoms with E-state index in [9.17, 15) is 18.3 Å². The molecule has 0 aliphatic rings. The smallest absolute Gasteiger partial charge is 0.416 e. The molecule has 0 bridgehead atoms. The highest BCUT2D eigenvalue weighted by Gasteiger charge is 2.32. The van der Waals surface area contributed by atoms with Crippen molar-refractivity contribution in [2.45, 2.75) is 6.18 Å². The highest BCUT2D eigenvalue weighted by atomic mass is 19.4. The lowest BCUT2D eigenvalue weighted by Gasteiger charge is -2.16. The first-order valence-corrected chi connectivity index (χ1v) is 5.83.